The quantitative estimate of drug-likeness (QED) is 0.882. The van der Waals surface area contributed by atoms with Crippen LogP contribution in [0.3, 0.4) is 0 Å². The van der Waals surface area contributed by atoms with Gasteiger partial charge in [-0.05, 0) is 31.2 Å². The zero-order valence-corrected chi connectivity index (χ0v) is 10.8. The molecule has 2 aromatic rings. The molecule has 3 heterocycles. The number of ether oxygens (including phenoxy) is 1. The minimum atomic E-state index is 0.280. The van der Waals surface area contributed by atoms with E-state index < -0.39 is 0 Å². The lowest BCUT2D eigenvalue weighted by atomic mass is 10.0. The molecule has 0 radical (unpaired) electrons. The average Bonchev–Trinajstić information content (AvgIpc) is 2.95. The minimum Gasteiger partial charge on any atom is -0.379 e. The third-order valence-electron chi connectivity index (χ3n) is 3.47. The molecule has 1 N–H and O–H groups in total. The fraction of sp³-hybridized carbons (Fsp3) is 0.538. The molecule has 96 valence electrons. The van der Waals surface area contributed by atoms with Crippen LogP contribution in [0.4, 0.5) is 0 Å². The van der Waals surface area contributed by atoms with E-state index in [1.807, 2.05) is 6.20 Å². The first-order valence-electron chi connectivity index (χ1n) is 6.42. The summed E-state index contributed by atoms with van der Waals surface area (Å²) in [4.78, 5) is 0. The third kappa shape index (κ3) is 1.89. The van der Waals surface area contributed by atoms with Crippen molar-refractivity contribution in [1.82, 2.24) is 19.9 Å². The van der Waals surface area contributed by atoms with Crippen LogP contribution in [0.25, 0.3) is 5.65 Å². The van der Waals surface area contributed by atoms with Gasteiger partial charge in [0.25, 0.3) is 0 Å². The van der Waals surface area contributed by atoms with E-state index in [4.69, 9.17) is 4.74 Å². The highest BCUT2D eigenvalue weighted by atomic mass is 16.5. The third-order valence-corrected chi connectivity index (χ3v) is 3.47. The van der Waals surface area contributed by atoms with Crippen molar-refractivity contribution < 1.29 is 4.74 Å². The number of fused-ring (bicyclic) bond motifs is 1. The summed E-state index contributed by atoms with van der Waals surface area (Å²) in [5.41, 5.74) is 2.11. The van der Waals surface area contributed by atoms with Crippen molar-refractivity contribution in [3.63, 3.8) is 0 Å². The van der Waals surface area contributed by atoms with Crippen LogP contribution in [0, 0.1) is 6.92 Å². The van der Waals surface area contributed by atoms with Crippen LogP contribution >= 0.6 is 0 Å². The molecule has 2 atom stereocenters. The smallest absolute Gasteiger partial charge is 0.161 e. The van der Waals surface area contributed by atoms with Gasteiger partial charge in [0.05, 0.1) is 19.1 Å². The monoisotopic (exact) mass is 246 g/mol. The fourth-order valence-corrected chi connectivity index (χ4v) is 2.54. The number of nitrogens with one attached hydrogen (secondary N) is 1. The molecule has 18 heavy (non-hydrogen) atoms. The molecule has 3 rings (SSSR count). The summed E-state index contributed by atoms with van der Waals surface area (Å²) in [6, 6.07) is 4.47. The largest absolute Gasteiger partial charge is 0.379 e. The Hall–Kier alpha value is -1.46. The summed E-state index contributed by atoms with van der Waals surface area (Å²) < 4.78 is 7.64. The van der Waals surface area contributed by atoms with Crippen LogP contribution in [0.1, 0.15) is 24.2 Å². The summed E-state index contributed by atoms with van der Waals surface area (Å²) in [6.07, 6.45) is 2.04. The number of rotatable bonds is 3. The van der Waals surface area contributed by atoms with Crippen molar-refractivity contribution in [2.75, 3.05) is 19.8 Å². The standard InChI is InChI=1S/C13H18N4O/c1-3-14-11-8-18-7-10(11)13-16-15-12-6-9(2)4-5-17(12)13/h4-6,10-11,14H,3,7-8H2,1-2H3. The van der Waals surface area contributed by atoms with Crippen LogP contribution in [0.15, 0.2) is 18.3 Å². The van der Waals surface area contributed by atoms with Crippen molar-refractivity contribution in [2.24, 2.45) is 0 Å². The van der Waals surface area contributed by atoms with Crippen LogP contribution < -0.4 is 5.32 Å². The maximum Gasteiger partial charge on any atom is 0.161 e. The Morgan fingerprint density at radius 2 is 2.33 bits per heavy atom. The van der Waals surface area contributed by atoms with Gasteiger partial charge in [0.15, 0.2) is 5.65 Å². The summed E-state index contributed by atoms with van der Waals surface area (Å²) in [7, 11) is 0. The Balaban J connectivity index is 1.98. The molecule has 5 heteroatoms. The lowest BCUT2D eigenvalue weighted by molar-refractivity contribution is 0.187. The second-order valence-electron chi connectivity index (χ2n) is 4.80. The van der Waals surface area contributed by atoms with Crippen molar-refractivity contribution >= 4 is 5.65 Å². The van der Waals surface area contributed by atoms with E-state index >= 15 is 0 Å². The molecular weight excluding hydrogens is 228 g/mol. The molecule has 1 aliphatic rings. The van der Waals surface area contributed by atoms with Crippen molar-refractivity contribution in [3.05, 3.63) is 29.7 Å². The molecule has 5 nitrogen and oxygen atoms in total. The highest BCUT2D eigenvalue weighted by Gasteiger charge is 2.32. The summed E-state index contributed by atoms with van der Waals surface area (Å²) >= 11 is 0. The minimum absolute atomic E-state index is 0.280. The average molecular weight is 246 g/mol. The van der Waals surface area contributed by atoms with Crippen LogP contribution in [0.5, 0.6) is 0 Å². The van der Waals surface area contributed by atoms with E-state index in [1.165, 1.54) is 5.56 Å². The topological polar surface area (TPSA) is 51.5 Å². The van der Waals surface area contributed by atoms with Gasteiger partial charge in [-0.2, -0.15) is 0 Å². The van der Waals surface area contributed by atoms with E-state index in [-0.39, 0.29) is 5.92 Å². The summed E-state index contributed by atoms with van der Waals surface area (Å²) in [5, 5.41) is 12.0. The number of pyridine rings is 1. The van der Waals surface area contributed by atoms with Gasteiger partial charge in [0.1, 0.15) is 5.82 Å². The van der Waals surface area contributed by atoms with Gasteiger partial charge in [-0.1, -0.05) is 6.92 Å². The van der Waals surface area contributed by atoms with Crippen molar-refractivity contribution in [3.8, 4) is 0 Å². The van der Waals surface area contributed by atoms with Crippen molar-refractivity contribution in [2.45, 2.75) is 25.8 Å². The Bertz CT molecular complexity index is 551. The summed E-state index contributed by atoms with van der Waals surface area (Å²) in [5.74, 6) is 1.27. The lowest BCUT2D eigenvalue weighted by Crippen LogP contribution is -2.34. The Labute approximate surface area is 106 Å². The number of aryl methyl sites for hydroxylation is 1. The fourth-order valence-electron chi connectivity index (χ4n) is 2.54. The predicted molar refractivity (Wildman–Crippen MR) is 68.7 cm³/mol. The van der Waals surface area contributed by atoms with Crippen LogP contribution in [0.2, 0.25) is 0 Å². The molecule has 2 unspecified atom stereocenters. The second kappa shape index (κ2) is 4.66. The first kappa shape index (κ1) is 11.6. The maximum absolute atomic E-state index is 5.58. The first-order valence-corrected chi connectivity index (χ1v) is 6.42. The van der Waals surface area contributed by atoms with Gasteiger partial charge >= 0.3 is 0 Å². The van der Waals surface area contributed by atoms with E-state index in [0.29, 0.717) is 12.6 Å². The molecule has 2 aromatic heterocycles. The second-order valence-corrected chi connectivity index (χ2v) is 4.80. The normalized spacial score (nSPS) is 23.9. The zero-order chi connectivity index (χ0) is 12.5. The molecule has 0 amide bonds. The number of hydrogen-bond acceptors (Lipinski definition) is 4. The lowest BCUT2D eigenvalue weighted by Gasteiger charge is -2.16. The van der Waals surface area contributed by atoms with Gasteiger partial charge in [-0.3, -0.25) is 4.40 Å². The van der Waals surface area contributed by atoms with E-state index in [1.54, 1.807) is 0 Å². The molecule has 0 spiro atoms. The van der Waals surface area contributed by atoms with Crippen LogP contribution in [-0.4, -0.2) is 40.4 Å². The molecule has 0 aromatic carbocycles. The molecule has 1 saturated heterocycles. The van der Waals surface area contributed by atoms with E-state index in [9.17, 15) is 0 Å². The highest BCUT2D eigenvalue weighted by molar-refractivity contribution is 5.41. The number of aromatic nitrogens is 3. The zero-order valence-electron chi connectivity index (χ0n) is 10.8. The Kier molecular flexibility index (Phi) is 3.01. The molecule has 0 bridgehead atoms. The van der Waals surface area contributed by atoms with Gasteiger partial charge in [0, 0.05) is 12.2 Å². The van der Waals surface area contributed by atoms with E-state index in [2.05, 4.69) is 45.9 Å². The van der Waals surface area contributed by atoms with E-state index in [0.717, 1.165) is 24.6 Å². The molecule has 0 aliphatic carbocycles. The molecule has 1 fully saturated rings. The predicted octanol–water partition coefficient (Wildman–Crippen LogP) is 1.13. The van der Waals surface area contributed by atoms with Gasteiger partial charge in [-0.15, -0.1) is 10.2 Å². The number of hydrogen-bond donors (Lipinski definition) is 1. The van der Waals surface area contributed by atoms with Gasteiger partial charge in [-0.25, -0.2) is 0 Å². The maximum atomic E-state index is 5.58. The molecular formula is C13H18N4O. The summed E-state index contributed by atoms with van der Waals surface area (Å²) in [6.45, 7) is 6.58. The van der Waals surface area contributed by atoms with Gasteiger partial charge < -0.3 is 10.1 Å². The molecule has 1 aliphatic heterocycles. The number of nitrogens with zero attached hydrogens (tertiary/aromatic N) is 3. The van der Waals surface area contributed by atoms with Crippen molar-refractivity contribution in [1.29, 1.82) is 0 Å². The first-order chi connectivity index (χ1) is 8.79. The Morgan fingerprint density at radius 3 is 3.17 bits per heavy atom. The van der Waals surface area contributed by atoms with Gasteiger partial charge in [0.2, 0.25) is 0 Å². The highest BCUT2D eigenvalue weighted by Crippen LogP contribution is 2.25. The SMILES string of the molecule is CCNC1COCC1c1nnc2cc(C)ccn12. The number of likely N-dealkylation sites (N-methyl/N-ethyl adjacent to an activating group) is 1. The Morgan fingerprint density at radius 1 is 1.44 bits per heavy atom. The van der Waals surface area contributed by atoms with Crippen LogP contribution in [-0.2, 0) is 4.74 Å². The molecule has 0 saturated carbocycles.